The molecule has 0 bridgehead atoms. The van der Waals surface area contributed by atoms with Gasteiger partial charge in [0.1, 0.15) is 0 Å². The van der Waals surface area contributed by atoms with E-state index < -0.39 is 32.4 Å². The molecule has 1 atom stereocenters. The quantitative estimate of drug-likeness (QED) is 0.860. The zero-order chi connectivity index (χ0) is 14.3. The number of sulfonamides is 1. The minimum atomic E-state index is -4.47. The highest BCUT2D eigenvalue weighted by molar-refractivity contribution is 7.90. The van der Waals surface area contributed by atoms with Crippen molar-refractivity contribution in [3.05, 3.63) is 0 Å². The fourth-order valence-corrected chi connectivity index (χ4v) is 1.92. The monoisotopic (exact) mass is 275 g/mol. The minimum Gasteiger partial charge on any atom is -0.212 e. The van der Waals surface area contributed by atoms with Crippen LogP contribution in [0.3, 0.4) is 0 Å². The van der Waals surface area contributed by atoms with Crippen LogP contribution >= 0.6 is 0 Å². The third kappa shape index (κ3) is 3.58. The fourth-order valence-electron chi connectivity index (χ4n) is 0.802. The van der Waals surface area contributed by atoms with Crippen molar-refractivity contribution in [1.29, 1.82) is 0 Å². The largest absolute Gasteiger partial charge is 0.395 e. The molecular formula is C10H20F3NO2S. The predicted molar refractivity (Wildman–Crippen MR) is 61.1 cm³/mol. The number of rotatable bonds is 3. The van der Waals surface area contributed by atoms with Crippen molar-refractivity contribution >= 4 is 10.0 Å². The molecule has 17 heavy (non-hydrogen) atoms. The van der Waals surface area contributed by atoms with Crippen LogP contribution in [0.4, 0.5) is 13.2 Å². The Hall–Kier alpha value is -0.300. The smallest absolute Gasteiger partial charge is 0.212 e. The first-order valence-electron chi connectivity index (χ1n) is 5.21. The zero-order valence-electron chi connectivity index (χ0n) is 10.9. The molecule has 0 heterocycles. The minimum absolute atomic E-state index is 0.975. The van der Waals surface area contributed by atoms with E-state index in [9.17, 15) is 21.6 Å². The Kier molecular flexibility index (Phi) is 4.34. The molecule has 0 saturated carbocycles. The second-order valence-electron chi connectivity index (χ2n) is 5.67. The molecule has 0 aromatic rings. The summed E-state index contributed by atoms with van der Waals surface area (Å²) in [5.74, 6) is 0. The Bertz CT molecular complexity index is 366. The van der Waals surface area contributed by atoms with Crippen molar-refractivity contribution in [2.45, 2.75) is 58.5 Å². The lowest BCUT2D eigenvalue weighted by Gasteiger charge is -2.35. The Morgan fingerprint density at radius 3 is 1.59 bits per heavy atom. The Balaban J connectivity index is 5.09. The molecular weight excluding hydrogens is 255 g/mol. The highest BCUT2D eigenvalue weighted by Gasteiger charge is 2.52. The van der Waals surface area contributed by atoms with Gasteiger partial charge >= 0.3 is 6.18 Å². The van der Waals surface area contributed by atoms with E-state index >= 15 is 0 Å². The van der Waals surface area contributed by atoms with Crippen molar-refractivity contribution in [2.24, 2.45) is 5.41 Å². The van der Waals surface area contributed by atoms with E-state index in [0.717, 1.165) is 13.8 Å². The summed E-state index contributed by atoms with van der Waals surface area (Å²) in [5.41, 5.74) is -2.12. The summed E-state index contributed by atoms with van der Waals surface area (Å²) >= 11 is 0. The second kappa shape index (κ2) is 4.42. The molecule has 0 rings (SSSR count). The number of nitrogens with one attached hydrogen (secondary N) is 1. The maximum absolute atomic E-state index is 12.7. The number of halogens is 3. The van der Waals surface area contributed by atoms with Crippen molar-refractivity contribution in [2.75, 3.05) is 0 Å². The summed E-state index contributed by atoms with van der Waals surface area (Å²) in [6, 6.07) is -1.23. The standard InChI is InChI=1S/C10H20F3NO2S/c1-7(9(5,6)10(11,12)13)14-17(15,16)8(2,3)4/h7,14H,1-6H3/t7-/m0/s1. The van der Waals surface area contributed by atoms with Gasteiger partial charge in [-0.1, -0.05) is 0 Å². The molecule has 0 saturated heterocycles. The van der Waals surface area contributed by atoms with E-state index in [1.165, 1.54) is 27.7 Å². The van der Waals surface area contributed by atoms with Gasteiger partial charge < -0.3 is 0 Å². The summed E-state index contributed by atoms with van der Waals surface area (Å²) in [4.78, 5) is 0. The molecule has 104 valence electrons. The molecule has 1 N–H and O–H groups in total. The Morgan fingerprint density at radius 1 is 1.00 bits per heavy atom. The Labute approximate surface area is 101 Å². The van der Waals surface area contributed by atoms with E-state index in [1.807, 2.05) is 0 Å². The molecule has 0 aliphatic heterocycles. The molecule has 0 aromatic heterocycles. The van der Waals surface area contributed by atoms with Crippen LogP contribution in [0.5, 0.6) is 0 Å². The van der Waals surface area contributed by atoms with Gasteiger partial charge in [-0.15, -0.1) is 0 Å². The third-order valence-corrected chi connectivity index (χ3v) is 5.23. The van der Waals surface area contributed by atoms with Gasteiger partial charge in [-0.05, 0) is 41.5 Å². The summed E-state index contributed by atoms with van der Waals surface area (Å²) in [5, 5.41) is 0. The molecule has 0 aromatic carbocycles. The van der Waals surface area contributed by atoms with Gasteiger partial charge in [-0.2, -0.15) is 13.2 Å². The van der Waals surface area contributed by atoms with E-state index in [0.29, 0.717) is 0 Å². The molecule has 0 aliphatic rings. The van der Waals surface area contributed by atoms with Gasteiger partial charge in [-0.3, -0.25) is 0 Å². The lowest BCUT2D eigenvalue weighted by Crippen LogP contribution is -2.53. The van der Waals surface area contributed by atoms with Crippen LogP contribution in [-0.4, -0.2) is 25.4 Å². The van der Waals surface area contributed by atoms with Crippen molar-refractivity contribution in [1.82, 2.24) is 4.72 Å². The molecule has 7 heteroatoms. The normalized spacial score (nSPS) is 17.0. The van der Waals surface area contributed by atoms with Gasteiger partial charge in [0, 0.05) is 6.04 Å². The third-order valence-electron chi connectivity index (χ3n) is 2.95. The first-order chi connectivity index (χ1) is 7.13. The maximum atomic E-state index is 12.7. The van der Waals surface area contributed by atoms with Crippen LogP contribution < -0.4 is 4.72 Å². The van der Waals surface area contributed by atoms with Crippen LogP contribution in [0.1, 0.15) is 41.5 Å². The summed E-state index contributed by atoms with van der Waals surface area (Å²) in [7, 11) is -3.79. The lowest BCUT2D eigenvalue weighted by molar-refractivity contribution is -0.218. The number of hydrogen-bond donors (Lipinski definition) is 1. The summed E-state index contributed by atoms with van der Waals surface area (Å²) < 4.78 is 62.6. The van der Waals surface area contributed by atoms with E-state index in [1.54, 1.807) is 0 Å². The fraction of sp³-hybridized carbons (Fsp3) is 1.00. The van der Waals surface area contributed by atoms with Gasteiger partial charge in [0.2, 0.25) is 10.0 Å². The SMILES string of the molecule is C[C@H](NS(=O)(=O)C(C)(C)C)C(C)(C)C(F)(F)F. The van der Waals surface area contributed by atoms with Crippen LogP contribution in [0.25, 0.3) is 0 Å². The predicted octanol–water partition coefficient (Wildman–Crippen LogP) is 2.68. The molecule has 0 unspecified atom stereocenters. The van der Waals surface area contributed by atoms with Gasteiger partial charge in [0.25, 0.3) is 0 Å². The number of hydrogen-bond acceptors (Lipinski definition) is 2. The van der Waals surface area contributed by atoms with E-state index in [-0.39, 0.29) is 0 Å². The summed E-state index contributed by atoms with van der Waals surface area (Å²) in [6.45, 7) is 7.47. The average molecular weight is 275 g/mol. The van der Waals surface area contributed by atoms with Crippen molar-refractivity contribution in [3.8, 4) is 0 Å². The van der Waals surface area contributed by atoms with E-state index in [2.05, 4.69) is 4.72 Å². The molecule has 0 amide bonds. The average Bonchev–Trinajstić information content (AvgIpc) is 1.98. The van der Waals surface area contributed by atoms with Crippen molar-refractivity contribution < 1.29 is 21.6 Å². The molecule has 0 fully saturated rings. The van der Waals surface area contributed by atoms with Crippen LogP contribution in [-0.2, 0) is 10.0 Å². The van der Waals surface area contributed by atoms with Gasteiger partial charge in [0.05, 0.1) is 10.2 Å². The van der Waals surface area contributed by atoms with Crippen molar-refractivity contribution in [3.63, 3.8) is 0 Å². The van der Waals surface area contributed by atoms with Crippen LogP contribution in [0.15, 0.2) is 0 Å². The maximum Gasteiger partial charge on any atom is 0.395 e. The van der Waals surface area contributed by atoms with Crippen LogP contribution in [0.2, 0.25) is 0 Å². The highest BCUT2D eigenvalue weighted by Crippen LogP contribution is 2.40. The second-order valence-corrected chi connectivity index (χ2v) is 8.14. The van der Waals surface area contributed by atoms with Gasteiger partial charge in [-0.25, -0.2) is 13.1 Å². The van der Waals surface area contributed by atoms with Gasteiger partial charge in [0.15, 0.2) is 0 Å². The topological polar surface area (TPSA) is 46.2 Å². The first-order valence-corrected chi connectivity index (χ1v) is 6.70. The van der Waals surface area contributed by atoms with E-state index in [4.69, 9.17) is 0 Å². The number of alkyl halides is 3. The molecule has 0 spiro atoms. The molecule has 0 aliphatic carbocycles. The molecule has 3 nitrogen and oxygen atoms in total. The Morgan fingerprint density at radius 2 is 1.35 bits per heavy atom. The lowest BCUT2D eigenvalue weighted by atomic mass is 9.85. The summed E-state index contributed by atoms with van der Waals surface area (Å²) in [6.07, 6.45) is -4.47. The first kappa shape index (κ1) is 16.7. The highest BCUT2D eigenvalue weighted by atomic mass is 32.2. The molecule has 0 radical (unpaired) electrons. The van der Waals surface area contributed by atoms with Crippen LogP contribution in [0, 0.1) is 5.41 Å². The zero-order valence-corrected chi connectivity index (χ0v) is 11.8.